The number of hydrogen-bond donors (Lipinski definition) is 1. The summed E-state index contributed by atoms with van der Waals surface area (Å²) in [4.78, 5) is 4.34. The van der Waals surface area contributed by atoms with Crippen molar-refractivity contribution in [3.8, 4) is 6.07 Å². The van der Waals surface area contributed by atoms with Crippen LogP contribution in [0.15, 0.2) is 36.4 Å². The Morgan fingerprint density at radius 3 is 2.82 bits per heavy atom. The third-order valence-corrected chi connectivity index (χ3v) is 2.85. The lowest BCUT2D eigenvalue weighted by atomic mass is 10.2. The van der Waals surface area contributed by atoms with Crippen LogP contribution in [0.25, 0.3) is 0 Å². The summed E-state index contributed by atoms with van der Waals surface area (Å²) in [6.07, 6.45) is 0. The number of benzene rings is 1. The first-order chi connectivity index (χ1) is 8.17. The number of nitrogens with one attached hydrogen (secondary N) is 1. The molecule has 0 bridgehead atoms. The average molecular weight is 335 g/mol. The molecule has 2 rings (SSSR count). The Kier molecular flexibility index (Phi) is 3.59. The number of halogens is 1. The van der Waals surface area contributed by atoms with Gasteiger partial charge in [0.15, 0.2) is 0 Å². The highest BCUT2D eigenvalue weighted by molar-refractivity contribution is 14.1. The lowest BCUT2D eigenvalue weighted by Crippen LogP contribution is -1.96. The van der Waals surface area contributed by atoms with Crippen LogP contribution in [0.3, 0.4) is 0 Å². The predicted molar refractivity (Wildman–Crippen MR) is 76.1 cm³/mol. The number of pyridine rings is 1. The van der Waals surface area contributed by atoms with Crippen molar-refractivity contribution in [3.63, 3.8) is 0 Å². The first-order valence-electron chi connectivity index (χ1n) is 5.09. The van der Waals surface area contributed by atoms with Crippen LogP contribution in [-0.2, 0) is 0 Å². The first-order valence-corrected chi connectivity index (χ1v) is 6.16. The van der Waals surface area contributed by atoms with E-state index in [2.05, 4.69) is 39.0 Å². The van der Waals surface area contributed by atoms with Crippen LogP contribution in [0.5, 0.6) is 0 Å². The lowest BCUT2D eigenvalue weighted by Gasteiger charge is -2.07. The summed E-state index contributed by atoms with van der Waals surface area (Å²) in [5, 5.41) is 12.1. The van der Waals surface area contributed by atoms with E-state index in [1.54, 1.807) is 12.1 Å². The van der Waals surface area contributed by atoms with Gasteiger partial charge >= 0.3 is 0 Å². The van der Waals surface area contributed by atoms with Crippen molar-refractivity contribution >= 4 is 34.1 Å². The number of aryl methyl sites for hydroxylation is 1. The van der Waals surface area contributed by atoms with Gasteiger partial charge in [-0.1, -0.05) is 6.07 Å². The first kappa shape index (κ1) is 11.9. The van der Waals surface area contributed by atoms with E-state index in [0.29, 0.717) is 11.4 Å². The van der Waals surface area contributed by atoms with Crippen LogP contribution in [-0.4, -0.2) is 4.98 Å². The monoisotopic (exact) mass is 335 g/mol. The van der Waals surface area contributed by atoms with E-state index in [1.807, 2.05) is 31.2 Å². The number of aromatic nitrogens is 1. The highest BCUT2D eigenvalue weighted by atomic mass is 127. The van der Waals surface area contributed by atoms with Crippen molar-refractivity contribution in [1.82, 2.24) is 4.98 Å². The van der Waals surface area contributed by atoms with E-state index in [1.165, 1.54) is 0 Å². The second kappa shape index (κ2) is 5.15. The molecular weight excluding hydrogens is 325 g/mol. The SMILES string of the molecule is Cc1cc(C#N)cc(Nc2cccc(I)c2)n1. The molecular formula is C13H10IN3. The summed E-state index contributed by atoms with van der Waals surface area (Å²) in [7, 11) is 0. The number of anilines is 2. The summed E-state index contributed by atoms with van der Waals surface area (Å²) >= 11 is 2.26. The van der Waals surface area contributed by atoms with Gasteiger partial charge in [0.2, 0.25) is 0 Å². The summed E-state index contributed by atoms with van der Waals surface area (Å²) < 4.78 is 1.15. The Hall–Kier alpha value is -1.61. The summed E-state index contributed by atoms with van der Waals surface area (Å²) in [6, 6.07) is 13.6. The maximum Gasteiger partial charge on any atom is 0.131 e. The normalized spacial score (nSPS) is 9.71. The van der Waals surface area contributed by atoms with Gasteiger partial charge in [0.25, 0.3) is 0 Å². The minimum Gasteiger partial charge on any atom is -0.340 e. The number of nitrogens with zero attached hydrogens (tertiary/aromatic N) is 2. The molecule has 1 aromatic heterocycles. The zero-order chi connectivity index (χ0) is 12.3. The fraction of sp³-hybridized carbons (Fsp3) is 0.0769. The second-order valence-electron chi connectivity index (χ2n) is 3.63. The molecule has 0 radical (unpaired) electrons. The smallest absolute Gasteiger partial charge is 0.131 e. The van der Waals surface area contributed by atoms with Gasteiger partial charge in [-0.15, -0.1) is 0 Å². The van der Waals surface area contributed by atoms with Crippen molar-refractivity contribution in [3.05, 3.63) is 51.2 Å². The third-order valence-electron chi connectivity index (χ3n) is 2.18. The molecule has 17 heavy (non-hydrogen) atoms. The van der Waals surface area contributed by atoms with Gasteiger partial charge in [-0.3, -0.25) is 0 Å². The van der Waals surface area contributed by atoms with Crippen molar-refractivity contribution in [2.75, 3.05) is 5.32 Å². The molecule has 3 nitrogen and oxygen atoms in total. The Morgan fingerprint density at radius 2 is 2.12 bits per heavy atom. The molecule has 0 saturated heterocycles. The molecule has 0 atom stereocenters. The molecule has 1 heterocycles. The van der Waals surface area contributed by atoms with Gasteiger partial charge in [0, 0.05) is 15.0 Å². The van der Waals surface area contributed by atoms with Crippen LogP contribution in [0.2, 0.25) is 0 Å². The summed E-state index contributed by atoms with van der Waals surface area (Å²) in [5.41, 5.74) is 2.42. The average Bonchev–Trinajstić information content (AvgIpc) is 2.28. The molecule has 84 valence electrons. The topological polar surface area (TPSA) is 48.7 Å². The van der Waals surface area contributed by atoms with E-state index < -0.39 is 0 Å². The molecule has 1 aromatic carbocycles. The number of hydrogen-bond acceptors (Lipinski definition) is 3. The largest absolute Gasteiger partial charge is 0.340 e. The van der Waals surface area contributed by atoms with Crippen LogP contribution in [0.4, 0.5) is 11.5 Å². The number of nitriles is 1. The molecule has 4 heteroatoms. The van der Waals surface area contributed by atoms with Gasteiger partial charge in [-0.05, 0) is 59.8 Å². The third kappa shape index (κ3) is 3.17. The molecule has 2 aromatic rings. The van der Waals surface area contributed by atoms with E-state index in [9.17, 15) is 0 Å². The van der Waals surface area contributed by atoms with Crippen LogP contribution in [0, 0.1) is 21.8 Å². The van der Waals surface area contributed by atoms with Gasteiger partial charge in [0.1, 0.15) is 5.82 Å². The fourth-order valence-corrected chi connectivity index (χ4v) is 2.05. The standard InChI is InChI=1S/C13H10IN3/c1-9-5-10(8-15)6-13(16-9)17-12-4-2-3-11(14)7-12/h2-7H,1H3,(H,16,17). The van der Waals surface area contributed by atoms with Crippen LogP contribution >= 0.6 is 22.6 Å². The zero-order valence-electron chi connectivity index (χ0n) is 9.24. The molecule has 0 fully saturated rings. The van der Waals surface area contributed by atoms with E-state index >= 15 is 0 Å². The highest BCUT2D eigenvalue weighted by Crippen LogP contribution is 2.18. The Morgan fingerprint density at radius 1 is 1.29 bits per heavy atom. The van der Waals surface area contributed by atoms with Gasteiger partial charge in [0.05, 0.1) is 11.6 Å². The van der Waals surface area contributed by atoms with Crippen LogP contribution in [0.1, 0.15) is 11.3 Å². The number of rotatable bonds is 2. The molecule has 0 unspecified atom stereocenters. The molecule has 0 aliphatic rings. The lowest BCUT2D eigenvalue weighted by molar-refractivity contribution is 1.19. The maximum absolute atomic E-state index is 8.89. The van der Waals surface area contributed by atoms with Gasteiger partial charge in [-0.2, -0.15) is 5.26 Å². The molecule has 0 saturated carbocycles. The Labute approximate surface area is 114 Å². The zero-order valence-corrected chi connectivity index (χ0v) is 11.4. The molecule has 0 spiro atoms. The second-order valence-corrected chi connectivity index (χ2v) is 4.88. The van der Waals surface area contributed by atoms with Crippen LogP contribution < -0.4 is 5.32 Å². The minimum atomic E-state index is 0.616. The maximum atomic E-state index is 8.89. The Bertz CT molecular complexity index is 587. The summed E-state index contributed by atoms with van der Waals surface area (Å²) in [6.45, 7) is 1.88. The van der Waals surface area contributed by atoms with Crippen molar-refractivity contribution in [1.29, 1.82) is 5.26 Å². The minimum absolute atomic E-state index is 0.616. The molecule has 0 amide bonds. The van der Waals surface area contributed by atoms with Crippen molar-refractivity contribution < 1.29 is 0 Å². The van der Waals surface area contributed by atoms with E-state index in [-0.39, 0.29) is 0 Å². The fourth-order valence-electron chi connectivity index (χ4n) is 1.51. The van der Waals surface area contributed by atoms with Gasteiger partial charge < -0.3 is 5.32 Å². The van der Waals surface area contributed by atoms with E-state index in [4.69, 9.17) is 5.26 Å². The summed E-state index contributed by atoms with van der Waals surface area (Å²) in [5.74, 6) is 0.698. The van der Waals surface area contributed by atoms with Crippen molar-refractivity contribution in [2.45, 2.75) is 6.92 Å². The van der Waals surface area contributed by atoms with Gasteiger partial charge in [-0.25, -0.2) is 4.98 Å². The molecule has 1 N–H and O–H groups in total. The highest BCUT2D eigenvalue weighted by Gasteiger charge is 2.00. The quantitative estimate of drug-likeness (QED) is 0.853. The molecule has 0 aliphatic heterocycles. The van der Waals surface area contributed by atoms with Crippen molar-refractivity contribution in [2.24, 2.45) is 0 Å². The van der Waals surface area contributed by atoms with E-state index in [0.717, 1.165) is 15.0 Å². The predicted octanol–water partition coefficient (Wildman–Crippen LogP) is 3.61. The Balaban J connectivity index is 2.30. The molecule has 0 aliphatic carbocycles.